The van der Waals surface area contributed by atoms with Crippen LogP contribution >= 0.6 is 0 Å². The lowest BCUT2D eigenvalue weighted by molar-refractivity contribution is 0.0519. The van der Waals surface area contributed by atoms with Gasteiger partial charge in [-0.05, 0) is 13.0 Å². The smallest absolute Gasteiger partial charge is 0.0963 e. The Morgan fingerprint density at radius 2 is 1.95 bits per heavy atom. The monoisotopic (exact) mass is 259 g/mol. The number of aromatic nitrogens is 1. The predicted octanol–water partition coefficient (Wildman–Crippen LogP) is 1.49. The lowest BCUT2D eigenvalue weighted by Crippen LogP contribution is -2.49. The first-order valence-electron chi connectivity index (χ1n) is 6.96. The highest BCUT2D eigenvalue weighted by Crippen LogP contribution is 2.28. The second-order valence-electron chi connectivity index (χ2n) is 5.26. The topological polar surface area (TPSA) is 51.3 Å². The standard InChI is InChI=1S/C15H21N3O/c1-11(18-8-6-16-7-9-18)15(19)13-10-17-14-5-3-2-4-12(13)14/h2-5,10-11,15-17,19H,6-9H2,1H3. The van der Waals surface area contributed by atoms with Gasteiger partial charge in [-0.25, -0.2) is 0 Å². The molecule has 3 N–H and O–H groups in total. The molecule has 1 aromatic carbocycles. The third-order valence-corrected chi connectivity index (χ3v) is 4.12. The summed E-state index contributed by atoms with van der Waals surface area (Å²) in [5.74, 6) is 0. The first-order chi connectivity index (χ1) is 9.27. The second-order valence-corrected chi connectivity index (χ2v) is 5.26. The number of benzene rings is 1. The summed E-state index contributed by atoms with van der Waals surface area (Å²) >= 11 is 0. The average molecular weight is 259 g/mol. The van der Waals surface area contributed by atoms with Crippen molar-refractivity contribution in [3.05, 3.63) is 36.0 Å². The van der Waals surface area contributed by atoms with Crippen LogP contribution in [0.15, 0.2) is 30.5 Å². The van der Waals surface area contributed by atoms with E-state index in [9.17, 15) is 5.11 Å². The molecule has 2 unspecified atom stereocenters. The van der Waals surface area contributed by atoms with Crippen molar-refractivity contribution in [2.24, 2.45) is 0 Å². The van der Waals surface area contributed by atoms with Crippen LogP contribution in [-0.2, 0) is 0 Å². The molecule has 2 heterocycles. The quantitative estimate of drug-likeness (QED) is 0.783. The first kappa shape index (κ1) is 12.7. The van der Waals surface area contributed by atoms with Gasteiger partial charge in [0.05, 0.1) is 6.10 Å². The van der Waals surface area contributed by atoms with Crippen LogP contribution in [0.5, 0.6) is 0 Å². The first-order valence-corrected chi connectivity index (χ1v) is 6.96. The van der Waals surface area contributed by atoms with E-state index in [1.165, 1.54) is 0 Å². The van der Waals surface area contributed by atoms with E-state index in [0.29, 0.717) is 0 Å². The maximum atomic E-state index is 10.6. The van der Waals surface area contributed by atoms with Crippen LogP contribution in [0.4, 0.5) is 0 Å². The Morgan fingerprint density at radius 3 is 2.74 bits per heavy atom. The van der Waals surface area contributed by atoms with Gasteiger partial charge in [0, 0.05) is 54.9 Å². The Kier molecular flexibility index (Phi) is 3.55. The Labute approximate surface area is 113 Å². The molecule has 19 heavy (non-hydrogen) atoms. The molecule has 102 valence electrons. The van der Waals surface area contributed by atoms with Gasteiger partial charge in [0.15, 0.2) is 0 Å². The van der Waals surface area contributed by atoms with Crippen molar-refractivity contribution in [2.75, 3.05) is 26.2 Å². The van der Waals surface area contributed by atoms with E-state index in [-0.39, 0.29) is 6.04 Å². The van der Waals surface area contributed by atoms with Crippen molar-refractivity contribution in [3.63, 3.8) is 0 Å². The second kappa shape index (κ2) is 5.33. The number of fused-ring (bicyclic) bond motifs is 1. The summed E-state index contributed by atoms with van der Waals surface area (Å²) in [4.78, 5) is 5.59. The van der Waals surface area contributed by atoms with E-state index in [1.807, 2.05) is 24.4 Å². The van der Waals surface area contributed by atoms with Crippen molar-refractivity contribution < 1.29 is 5.11 Å². The summed E-state index contributed by atoms with van der Waals surface area (Å²) in [7, 11) is 0. The van der Waals surface area contributed by atoms with Gasteiger partial charge in [0.2, 0.25) is 0 Å². The Balaban J connectivity index is 1.84. The summed E-state index contributed by atoms with van der Waals surface area (Å²) in [5.41, 5.74) is 2.09. The molecule has 3 rings (SSSR count). The predicted molar refractivity (Wildman–Crippen MR) is 77.2 cm³/mol. The van der Waals surface area contributed by atoms with Crippen LogP contribution < -0.4 is 5.32 Å². The third kappa shape index (κ3) is 2.39. The van der Waals surface area contributed by atoms with Crippen molar-refractivity contribution in [3.8, 4) is 0 Å². The van der Waals surface area contributed by atoms with Gasteiger partial charge in [-0.15, -0.1) is 0 Å². The molecule has 4 heteroatoms. The maximum Gasteiger partial charge on any atom is 0.0963 e. The van der Waals surface area contributed by atoms with Crippen LogP contribution in [0.3, 0.4) is 0 Å². The van der Waals surface area contributed by atoms with Crippen molar-refractivity contribution in [2.45, 2.75) is 19.1 Å². The number of nitrogens with zero attached hydrogens (tertiary/aromatic N) is 1. The number of H-pyrrole nitrogens is 1. The van der Waals surface area contributed by atoms with Crippen LogP contribution in [0.25, 0.3) is 10.9 Å². The number of hydrogen-bond acceptors (Lipinski definition) is 3. The molecular formula is C15H21N3O. The fraction of sp³-hybridized carbons (Fsp3) is 0.467. The zero-order chi connectivity index (χ0) is 13.2. The Bertz CT molecular complexity index is 545. The van der Waals surface area contributed by atoms with Gasteiger partial charge < -0.3 is 15.4 Å². The SMILES string of the molecule is CC(C(O)c1c[nH]c2ccccc12)N1CCNCC1. The molecule has 1 saturated heterocycles. The van der Waals surface area contributed by atoms with E-state index in [4.69, 9.17) is 0 Å². The molecule has 1 fully saturated rings. The van der Waals surface area contributed by atoms with Gasteiger partial charge in [0.1, 0.15) is 0 Å². The largest absolute Gasteiger partial charge is 0.387 e. The summed E-state index contributed by atoms with van der Waals surface area (Å²) < 4.78 is 0. The molecule has 0 amide bonds. The summed E-state index contributed by atoms with van der Waals surface area (Å²) in [6.07, 6.45) is 1.49. The molecule has 0 saturated carbocycles. The van der Waals surface area contributed by atoms with Crippen molar-refractivity contribution in [1.29, 1.82) is 0 Å². The average Bonchev–Trinajstić information content (AvgIpc) is 2.90. The highest BCUT2D eigenvalue weighted by atomic mass is 16.3. The fourth-order valence-corrected chi connectivity index (χ4v) is 2.89. The molecule has 0 aliphatic carbocycles. The minimum atomic E-state index is -0.450. The van der Waals surface area contributed by atoms with Crippen LogP contribution in [0.1, 0.15) is 18.6 Å². The van der Waals surface area contributed by atoms with Gasteiger partial charge >= 0.3 is 0 Å². The maximum absolute atomic E-state index is 10.6. The van der Waals surface area contributed by atoms with E-state index < -0.39 is 6.10 Å². The molecule has 4 nitrogen and oxygen atoms in total. The van der Waals surface area contributed by atoms with Gasteiger partial charge in [-0.2, -0.15) is 0 Å². The molecule has 1 aliphatic heterocycles. The summed E-state index contributed by atoms with van der Waals surface area (Å²) in [6, 6.07) is 8.27. The van der Waals surface area contributed by atoms with Gasteiger partial charge in [-0.1, -0.05) is 18.2 Å². The minimum absolute atomic E-state index is 0.140. The number of para-hydroxylation sites is 1. The number of hydrogen-bond donors (Lipinski definition) is 3. The Hall–Kier alpha value is -1.36. The molecule has 1 aliphatic rings. The zero-order valence-electron chi connectivity index (χ0n) is 11.3. The number of aliphatic hydroxyl groups is 1. The van der Waals surface area contributed by atoms with Crippen molar-refractivity contribution in [1.82, 2.24) is 15.2 Å². The van der Waals surface area contributed by atoms with Crippen molar-refractivity contribution >= 4 is 10.9 Å². The highest BCUT2D eigenvalue weighted by molar-refractivity contribution is 5.83. The Morgan fingerprint density at radius 1 is 1.21 bits per heavy atom. The number of aliphatic hydroxyl groups excluding tert-OH is 1. The molecule has 2 atom stereocenters. The zero-order valence-corrected chi connectivity index (χ0v) is 11.3. The van der Waals surface area contributed by atoms with Gasteiger partial charge in [-0.3, -0.25) is 4.90 Å². The normalized spacial score (nSPS) is 20.5. The molecule has 0 spiro atoms. The van der Waals surface area contributed by atoms with Crippen LogP contribution in [0, 0.1) is 0 Å². The number of nitrogens with one attached hydrogen (secondary N) is 2. The van der Waals surface area contributed by atoms with Crippen LogP contribution in [0.2, 0.25) is 0 Å². The summed E-state index contributed by atoms with van der Waals surface area (Å²) in [5, 5.41) is 15.1. The minimum Gasteiger partial charge on any atom is -0.387 e. The number of piperazine rings is 1. The van der Waals surface area contributed by atoms with E-state index in [1.54, 1.807) is 0 Å². The molecule has 0 bridgehead atoms. The van der Waals surface area contributed by atoms with Gasteiger partial charge in [0.25, 0.3) is 0 Å². The highest BCUT2D eigenvalue weighted by Gasteiger charge is 2.25. The fourth-order valence-electron chi connectivity index (χ4n) is 2.89. The number of rotatable bonds is 3. The summed E-state index contributed by atoms with van der Waals surface area (Å²) in [6.45, 7) is 6.12. The number of aromatic amines is 1. The molecule has 2 aromatic rings. The lowest BCUT2D eigenvalue weighted by Gasteiger charge is -2.35. The van der Waals surface area contributed by atoms with Crippen LogP contribution in [-0.4, -0.2) is 47.2 Å². The van der Waals surface area contributed by atoms with E-state index in [2.05, 4.69) is 28.2 Å². The third-order valence-electron chi connectivity index (χ3n) is 4.12. The van der Waals surface area contributed by atoms with E-state index in [0.717, 1.165) is 42.6 Å². The van der Waals surface area contributed by atoms with E-state index >= 15 is 0 Å². The molecular weight excluding hydrogens is 238 g/mol. The lowest BCUT2D eigenvalue weighted by atomic mass is 10.0. The molecule has 0 radical (unpaired) electrons. The molecule has 1 aromatic heterocycles.